The molecular formula is C38H36ClN5O5. The number of ketones is 2. The highest BCUT2D eigenvalue weighted by atomic mass is 35.5. The van der Waals surface area contributed by atoms with Gasteiger partial charge < -0.3 is 25.5 Å². The molecule has 1 amide bonds. The van der Waals surface area contributed by atoms with Crippen molar-refractivity contribution in [2.45, 2.75) is 44.4 Å². The van der Waals surface area contributed by atoms with E-state index in [-0.39, 0.29) is 55.5 Å². The summed E-state index contributed by atoms with van der Waals surface area (Å²) >= 11 is 6.04. The number of nitrogens with zero attached hydrogens (tertiary/aromatic N) is 3. The van der Waals surface area contributed by atoms with Crippen molar-refractivity contribution < 1.29 is 23.5 Å². The maximum absolute atomic E-state index is 14.2. The third-order valence-corrected chi connectivity index (χ3v) is 8.80. The summed E-state index contributed by atoms with van der Waals surface area (Å²) in [6.45, 7) is 0.559. The Hall–Kier alpha value is -5.32. The zero-order chi connectivity index (χ0) is 34.3. The number of oxazole rings is 1. The van der Waals surface area contributed by atoms with Crippen molar-refractivity contribution in [1.29, 1.82) is 0 Å². The number of hydrogen-bond donors (Lipinski definition) is 2. The number of guanidine groups is 1. The van der Waals surface area contributed by atoms with E-state index in [1.54, 1.807) is 47.4 Å². The quantitative estimate of drug-likeness (QED) is 0.0898. The van der Waals surface area contributed by atoms with Crippen molar-refractivity contribution in [2.75, 3.05) is 6.54 Å². The Morgan fingerprint density at radius 1 is 0.898 bits per heavy atom. The van der Waals surface area contributed by atoms with Crippen LogP contribution in [0.4, 0.5) is 5.69 Å². The lowest BCUT2D eigenvalue weighted by molar-refractivity contribution is -0.137. The molecule has 0 saturated carbocycles. The number of rotatable bonds is 13. The highest BCUT2D eigenvalue weighted by molar-refractivity contribution is 6.30. The fourth-order valence-corrected chi connectivity index (χ4v) is 6.22. The van der Waals surface area contributed by atoms with Crippen molar-refractivity contribution in [3.8, 4) is 0 Å². The molecule has 1 aromatic heterocycles. The fourth-order valence-electron chi connectivity index (χ4n) is 6.09. The molecule has 4 aromatic carbocycles. The lowest BCUT2D eigenvalue weighted by Gasteiger charge is -2.25. The minimum atomic E-state index is -0.811. The Balaban J connectivity index is 1.24. The number of fused-ring (bicyclic) bond motifs is 1. The fraction of sp³-hybridized carbons (Fsp3) is 0.237. The summed E-state index contributed by atoms with van der Waals surface area (Å²) in [7, 11) is 0. The van der Waals surface area contributed by atoms with E-state index in [2.05, 4.69) is 9.98 Å². The molecule has 2 heterocycles. The molecule has 49 heavy (non-hydrogen) atoms. The second-order valence-electron chi connectivity index (χ2n) is 12.1. The largest absolute Gasteiger partial charge is 0.434 e. The molecule has 0 aliphatic carbocycles. The predicted octanol–water partition coefficient (Wildman–Crippen LogP) is 5.82. The number of hydrogen-bond acceptors (Lipinski definition) is 7. The van der Waals surface area contributed by atoms with E-state index in [4.69, 9.17) is 32.2 Å². The Morgan fingerprint density at radius 2 is 1.59 bits per heavy atom. The summed E-state index contributed by atoms with van der Waals surface area (Å²) in [6, 6.07) is 30.2. The maximum Gasteiger partial charge on any atom is 0.264 e. The summed E-state index contributed by atoms with van der Waals surface area (Å²) in [5, 5.41) is 0.625. The summed E-state index contributed by atoms with van der Waals surface area (Å²) in [4.78, 5) is 52.0. The minimum absolute atomic E-state index is 0.0660. The van der Waals surface area contributed by atoms with Gasteiger partial charge in [-0.2, -0.15) is 0 Å². The number of Topliss-reactive ketones (excluding diaryl/α,β-unsaturated/α-hetero) is 2. The van der Waals surface area contributed by atoms with Crippen LogP contribution >= 0.6 is 11.6 Å². The first-order valence-electron chi connectivity index (χ1n) is 16.0. The average molecular weight is 678 g/mol. The molecule has 5 aromatic rings. The Labute approximate surface area is 288 Å². The summed E-state index contributed by atoms with van der Waals surface area (Å²) in [5.74, 6) is -1.75. The van der Waals surface area contributed by atoms with Crippen LogP contribution in [-0.2, 0) is 33.8 Å². The number of para-hydroxylation sites is 2. The third kappa shape index (κ3) is 8.59. The van der Waals surface area contributed by atoms with Gasteiger partial charge in [0.1, 0.15) is 5.52 Å². The molecule has 0 radical (unpaired) electrons. The van der Waals surface area contributed by atoms with Gasteiger partial charge in [-0.15, -0.1) is 0 Å². The minimum Gasteiger partial charge on any atom is -0.434 e. The molecule has 6 rings (SSSR count). The molecule has 0 unspecified atom stereocenters. The van der Waals surface area contributed by atoms with E-state index in [0.717, 1.165) is 16.7 Å². The molecule has 4 N–H and O–H groups in total. The van der Waals surface area contributed by atoms with Crippen LogP contribution < -0.4 is 11.5 Å². The molecule has 250 valence electrons. The first-order valence-corrected chi connectivity index (χ1v) is 16.4. The summed E-state index contributed by atoms with van der Waals surface area (Å²) in [6.07, 6.45) is 0.175. The monoisotopic (exact) mass is 677 g/mol. The number of amides is 1. The predicted molar refractivity (Wildman–Crippen MR) is 187 cm³/mol. The van der Waals surface area contributed by atoms with Crippen LogP contribution in [0.25, 0.3) is 11.1 Å². The Morgan fingerprint density at radius 3 is 2.31 bits per heavy atom. The van der Waals surface area contributed by atoms with Crippen LogP contribution in [0.3, 0.4) is 0 Å². The van der Waals surface area contributed by atoms with Crippen molar-refractivity contribution in [3.63, 3.8) is 0 Å². The normalized spacial score (nSPS) is 16.4. The van der Waals surface area contributed by atoms with Gasteiger partial charge in [0, 0.05) is 30.3 Å². The van der Waals surface area contributed by atoms with E-state index >= 15 is 0 Å². The van der Waals surface area contributed by atoms with Gasteiger partial charge in [0.15, 0.2) is 17.3 Å². The molecule has 0 bridgehead atoms. The van der Waals surface area contributed by atoms with Gasteiger partial charge in [-0.05, 0) is 59.5 Å². The number of aliphatic imine (C=N–C) groups is 1. The lowest BCUT2D eigenvalue weighted by Crippen LogP contribution is -2.42. The van der Waals surface area contributed by atoms with Crippen LogP contribution in [0.15, 0.2) is 113 Å². The van der Waals surface area contributed by atoms with Gasteiger partial charge in [0.2, 0.25) is 11.7 Å². The molecule has 0 spiro atoms. The van der Waals surface area contributed by atoms with Crippen molar-refractivity contribution in [1.82, 2.24) is 9.88 Å². The third-order valence-electron chi connectivity index (χ3n) is 8.55. The van der Waals surface area contributed by atoms with E-state index in [1.165, 1.54) is 0 Å². The molecular weight excluding hydrogens is 642 g/mol. The first-order chi connectivity index (χ1) is 23.7. The number of carbonyl (C=O) groups excluding carboxylic acids is 3. The van der Waals surface area contributed by atoms with Crippen LogP contribution in [0.5, 0.6) is 0 Å². The number of aromatic nitrogens is 1. The number of benzene rings is 4. The van der Waals surface area contributed by atoms with Crippen LogP contribution in [0.2, 0.25) is 5.02 Å². The molecule has 11 heteroatoms. The van der Waals surface area contributed by atoms with Crippen molar-refractivity contribution in [2.24, 2.45) is 22.4 Å². The molecule has 1 aliphatic heterocycles. The number of nitrogens with two attached hydrogens (primary N) is 2. The van der Waals surface area contributed by atoms with Crippen molar-refractivity contribution >= 4 is 51.8 Å². The zero-order valence-corrected chi connectivity index (χ0v) is 27.5. The van der Waals surface area contributed by atoms with Crippen LogP contribution in [-0.4, -0.2) is 52.0 Å². The topological polar surface area (TPSA) is 154 Å². The van der Waals surface area contributed by atoms with Gasteiger partial charge in [-0.3, -0.25) is 14.4 Å². The average Bonchev–Trinajstić information content (AvgIpc) is 3.74. The number of halogens is 1. The van der Waals surface area contributed by atoms with Gasteiger partial charge in [-0.1, -0.05) is 78.3 Å². The smallest absolute Gasteiger partial charge is 0.264 e. The highest BCUT2D eigenvalue weighted by Gasteiger charge is 2.41. The Bertz CT molecular complexity index is 1920. The highest BCUT2D eigenvalue weighted by Crippen LogP contribution is 2.29. The lowest BCUT2D eigenvalue weighted by atomic mass is 9.88. The van der Waals surface area contributed by atoms with Gasteiger partial charge >= 0.3 is 0 Å². The second kappa shape index (κ2) is 15.3. The maximum atomic E-state index is 14.2. The van der Waals surface area contributed by atoms with Crippen LogP contribution in [0.1, 0.15) is 40.2 Å². The van der Waals surface area contributed by atoms with Gasteiger partial charge in [0.05, 0.1) is 30.9 Å². The van der Waals surface area contributed by atoms with E-state index in [0.29, 0.717) is 34.8 Å². The molecule has 3 atom stereocenters. The molecule has 10 nitrogen and oxygen atoms in total. The van der Waals surface area contributed by atoms with Crippen molar-refractivity contribution in [3.05, 3.63) is 131 Å². The first kappa shape index (κ1) is 33.6. The Kier molecular flexibility index (Phi) is 10.5. The number of likely N-dealkylation sites (tertiary alicyclic amines) is 1. The molecule has 1 aliphatic rings. The number of carbonyl (C=O) groups is 3. The SMILES string of the molecule is NC(N)=Nc1ccc(C[C@H](CC(=O)[C@@H]2C[C@@H](OCc3ccc(Cl)cc3)CN2C(=O)Cc2ccccc2)C(=O)c2nc3ccccc3o2)cc1. The zero-order valence-electron chi connectivity index (χ0n) is 26.7. The van der Waals surface area contributed by atoms with Gasteiger partial charge in [0.25, 0.3) is 5.89 Å². The second-order valence-corrected chi connectivity index (χ2v) is 12.6. The molecule has 1 fully saturated rings. The summed E-state index contributed by atoms with van der Waals surface area (Å²) in [5.41, 5.74) is 15.2. The molecule has 1 saturated heterocycles. The van der Waals surface area contributed by atoms with E-state index in [9.17, 15) is 14.4 Å². The van der Waals surface area contributed by atoms with E-state index < -0.39 is 17.7 Å². The number of ether oxygens (including phenoxy) is 1. The standard InChI is InChI=1S/C38H36ClN5O5/c39-28-14-10-26(11-15-28)23-48-30-21-32(44(22-30)35(46)19-24-6-2-1-3-7-24)33(45)20-27(18-25-12-16-29(17-13-25)42-38(40)41)36(47)37-43-31-8-4-5-9-34(31)49-37/h1-17,27,30,32H,18-23H2,(H4,40,41,42)/t27-,30-,32+/m1/s1. The van der Waals surface area contributed by atoms with Gasteiger partial charge in [-0.25, -0.2) is 9.98 Å². The summed E-state index contributed by atoms with van der Waals surface area (Å²) < 4.78 is 12.1. The van der Waals surface area contributed by atoms with E-state index in [1.807, 2.05) is 60.7 Å². The van der Waals surface area contributed by atoms with Crippen LogP contribution in [0, 0.1) is 5.92 Å².